The molecule has 4 N–H and O–H groups in total. The largest absolute Gasteiger partial charge is 0.480 e. The number of nitrogens with zero attached hydrogens (tertiary/aromatic N) is 3. The third kappa shape index (κ3) is 5.79. The molecule has 0 unspecified atom stereocenters. The summed E-state index contributed by atoms with van der Waals surface area (Å²) in [4.78, 5) is 27.4. The molecule has 1 aliphatic rings. The Balaban J connectivity index is 1.44. The summed E-state index contributed by atoms with van der Waals surface area (Å²) in [6, 6.07) is 21.9. The Kier molecular flexibility index (Phi) is 7.55. The van der Waals surface area contributed by atoms with Crippen molar-refractivity contribution < 1.29 is 23.1 Å². The normalized spacial score (nSPS) is 14.2. The van der Waals surface area contributed by atoms with E-state index in [9.17, 15) is 23.1 Å². The van der Waals surface area contributed by atoms with Crippen LogP contribution < -0.4 is 10.6 Å². The number of nitrogens with one attached hydrogen (secondary N) is 1. The van der Waals surface area contributed by atoms with Crippen LogP contribution in [0.3, 0.4) is 0 Å². The molecule has 4 rings (SSSR count). The van der Waals surface area contributed by atoms with E-state index >= 15 is 0 Å². The number of amides is 2. The van der Waals surface area contributed by atoms with Crippen LogP contribution >= 0.6 is 0 Å². The highest BCUT2D eigenvalue weighted by Crippen LogP contribution is 2.24. The van der Waals surface area contributed by atoms with Crippen LogP contribution in [0.25, 0.3) is 11.1 Å². The minimum atomic E-state index is -3.76. The van der Waals surface area contributed by atoms with E-state index in [1.807, 2.05) is 30.3 Å². The van der Waals surface area contributed by atoms with Crippen molar-refractivity contribution in [3.8, 4) is 11.1 Å². The van der Waals surface area contributed by atoms with Gasteiger partial charge in [0.15, 0.2) is 0 Å². The van der Waals surface area contributed by atoms with Crippen LogP contribution in [0, 0.1) is 5.41 Å². The van der Waals surface area contributed by atoms with Crippen molar-refractivity contribution in [1.82, 2.24) is 9.21 Å². The van der Waals surface area contributed by atoms with E-state index in [1.54, 1.807) is 24.3 Å². The summed E-state index contributed by atoms with van der Waals surface area (Å²) in [5.74, 6) is -1.33. The van der Waals surface area contributed by atoms with Crippen molar-refractivity contribution in [2.45, 2.75) is 4.90 Å². The Bertz CT molecular complexity index is 1390. The molecule has 1 saturated heterocycles. The summed E-state index contributed by atoms with van der Waals surface area (Å²) in [5.41, 5.74) is 8.15. The van der Waals surface area contributed by atoms with E-state index in [-0.39, 0.29) is 36.9 Å². The quantitative estimate of drug-likeness (QED) is 0.322. The SMILES string of the molecule is N=C(N)c1ccc(N(CC(=O)O)C(=O)N2CCN(S(=O)(=O)c3ccc(-c4ccccc4)cc3)CC2)cc1. The molecule has 37 heavy (non-hydrogen) atoms. The maximum absolute atomic E-state index is 13.2. The smallest absolute Gasteiger partial charge is 0.325 e. The number of carboxylic acids is 1. The zero-order valence-corrected chi connectivity index (χ0v) is 20.8. The number of nitrogen functional groups attached to an aromatic ring is 1. The number of aliphatic carboxylic acids is 1. The lowest BCUT2D eigenvalue weighted by Crippen LogP contribution is -2.54. The molecule has 0 aliphatic carbocycles. The fourth-order valence-corrected chi connectivity index (χ4v) is 5.54. The summed E-state index contributed by atoms with van der Waals surface area (Å²) in [5, 5.41) is 16.8. The van der Waals surface area contributed by atoms with Gasteiger partial charge in [-0.05, 0) is 47.5 Å². The third-order valence-electron chi connectivity index (χ3n) is 6.12. The molecule has 3 aromatic carbocycles. The highest BCUT2D eigenvalue weighted by molar-refractivity contribution is 7.89. The maximum Gasteiger partial charge on any atom is 0.325 e. The van der Waals surface area contributed by atoms with E-state index in [0.717, 1.165) is 16.0 Å². The molecule has 0 bridgehead atoms. The van der Waals surface area contributed by atoms with Crippen LogP contribution in [0.15, 0.2) is 83.8 Å². The van der Waals surface area contributed by atoms with Crippen molar-refractivity contribution in [2.75, 3.05) is 37.6 Å². The number of piperazine rings is 1. The van der Waals surface area contributed by atoms with E-state index < -0.39 is 28.6 Å². The number of nitrogens with two attached hydrogens (primary N) is 1. The summed E-state index contributed by atoms with van der Waals surface area (Å²) in [6.07, 6.45) is 0. The van der Waals surface area contributed by atoms with Gasteiger partial charge in [0.2, 0.25) is 10.0 Å². The molecule has 1 fully saturated rings. The van der Waals surface area contributed by atoms with Crippen LogP contribution in [-0.2, 0) is 14.8 Å². The van der Waals surface area contributed by atoms with Gasteiger partial charge in [-0.1, -0.05) is 42.5 Å². The number of carbonyl (C=O) groups is 2. The van der Waals surface area contributed by atoms with E-state index in [1.165, 1.54) is 33.5 Å². The zero-order chi connectivity index (χ0) is 26.6. The van der Waals surface area contributed by atoms with Gasteiger partial charge in [0.1, 0.15) is 12.4 Å². The molecule has 1 aliphatic heterocycles. The molecule has 10 nitrogen and oxygen atoms in total. The van der Waals surface area contributed by atoms with Gasteiger partial charge in [0, 0.05) is 37.4 Å². The molecule has 0 aromatic heterocycles. The topological polar surface area (TPSA) is 148 Å². The van der Waals surface area contributed by atoms with Crippen molar-refractivity contribution >= 4 is 33.5 Å². The van der Waals surface area contributed by atoms with Gasteiger partial charge < -0.3 is 15.7 Å². The number of urea groups is 1. The van der Waals surface area contributed by atoms with Crippen molar-refractivity contribution in [3.05, 3.63) is 84.4 Å². The van der Waals surface area contributed by atoms with Gasteiger partial charge in [-0.3, -0.25) is 15.1 Å². The predicted octanol–water partition coefficient (Wildman–Crippen LogP) is 2.66. The van der Waals surface area contributed by atoms with Gasteiger partial charge in [-0.15, -0.1) is 0 Å². The lowest BCUT2D eigenvalue weighted by atomic mass is 10.1. The standard InChI is InChI=1S/C26H27N5O5S/c27-25(28)21-6-10-22(11-7-21)31(18-24(32)33)26(34)29-14-16-30(17-15-29)37(35,36)23-12-8-20(9-13-23)19-4-2-1-3-5-19/h1-13H,14-18H2,(H3,27,28)(H,32,33). The number of hydrogen-bond acceptors (Lipinski definition) is 5. The number of amidine groups is 1. The van der Waals surface area contributed by atoms with Gasteiger partial charge in [0.25, 0.3) is 0 Å². The van der Waals surface area contributed by atoms with Crippen LogP contribution in [0.2, 0.25) is 0 Å². The summed E-state index contributed by atoms with van der Waals surface area (Å²) >= 11 is 0. The first kappa shape index (κ1) is 25.9. The average molecular weight is 522 g/mol. The summed E-state index contributed by atoms with van der Waals surface area (Å²) < 4.78 is 27.7. The molecule has 0 spiro atoms. The fourth-order valence-electron chi connectivity index (χ4n) is 4.12. The zero-order valence-electron chi connectivity index (χ0n) is 19.9. The molecule has 2 amide bonds. The second-order valence-electron chi connectivity index (χ2n) is 8.50. The third-order valence-corrected chi connectivity index (χ3v) is 8.04. The molecule has 192 valence electrons. The number of sulfonamides is 1. The Morgan fingerprint density at radius 2 is 1.43 bits per heavy atom. The molecule has 0 radical (unpaired) electrons. The highest BCUT2D eigenvalue weighted by Gasteiger charge is 2.32. The molecule has 1 heterocycles. The lowest BCUT2D eigenvalue weighted by Gasteiger charge is -2.36. The van der Waals surface area contributed by atoms with Crippen molar-refractivity contribution in [3.63, 3.8) is 0 Å². The number of anilines is 1. The van der Waals surface area contributed by atoms with E-state index in [4.69, 9.17) is 11.1 Å². The molecular weight excluding hydrogens is 494 g/mol. The van der Waals surface area contributed by atoms with Gasteiger partial charge in [-0.2, -0.15) is 4.31 Å². The second kappa shape index (κ2) is 10.8. The Hall–Kier alpha value is -4.22. The maximum atomic E-state index is 13.2. The molecular formula is C26H27N5O5S. The summed E-state index contributed by atoms with van der Waals surface area (Å²) in [7, 11) is -3.76. The fraction of sp³-hybridized carbons (Fsp3) is 0.192. The molecule has 11 heteroatoms. The minimum absolute atomic E-state index is 0.0820. The lowest BCUT2D eigenvalue weighted by molar-refractivity contribution is -0.135. The molecule has 0 saturated carbocycles. The van der Waals surface area contributed by atoms with Gasteiger partial charge in [0.05, 0.1) is 4.90 Å². The Morgan fingerprint density at radius 1 is 0.865 bits per heavy atom. The van der Waals surface area contributed by atoms with Gasteiger partial charge in [-0.25, -0.2) is 13.2 Å². The first-order chi connectivity index (χ1) is 17.7. The average Bonchev–Trinajstić information content (AvgIpc) is 2.92. The second-order valence-corrected chi connectivity index (χ2v) is 10.4. The number of carbonyl (C=O) groups excluding carboxylic acids is 1. The highest BCUT2D eigenvalue weighted by atomic mass is 32.2. The van der Waals surface area contributed by atoms with Crippen molar-refractivity contribution in [1.29, 1.82) is 5.41 Å². The van der Waals surface area contributed by atoms with Crippen LogP contribution in [0.1, 0.15) is 5.56 Å². The predicted molar refractivity (Wildman–Crippen MR) is 140 cm³/mol. The van der Waals surface area contributed by atoms with E-state index in [2.05, 4.69) is 0 Å². The van der Waals surface area contributed by atoms with Crippen LogP contribution in [0.4, 0.5) is 10.5 Å². The monoisotopic (exact) mass is 521 g/mol. The van der Waals surface area contributed by atoms with Crippen LogP contribution in [-0.4, -0.2) is 73.3 Å². The Labute approximate surface area is 215 Å². The van der Waals surface area contributed by atoms with E-state index in [0.29, 0.717) is 11.3 Å². The number of benzene rings is 3. The Morgan fingerprint density at radius 3 is 1.97 bits per heavy atom. The number of rotatable bonds is 7. The first-order valence-corrected chi connectivity index (χ1v) is 13.0. The first-order valence-electron chi connectivity index (χ1n) is 11.5. The van der Waals surface area contributed by atoms with Crippen molar-refractivity contribution in [2.24, 2.45) is 5.73 Å². The number of carboxylic acid groups (broad SMARTS) is 1. The minimum Gasteiger partial charge on any atom is -0.480 e. The molecule has 0 atom stereocenters. The van der Waals surface area contributed by atoms with Gasteiger partial charge >= 0.3 is 12.0 Å². The number of hydrogen-bond donors (Lipinski definition) is 3. The van der Waals surface area contributed by atoms with Crippen LogP contribution in [0.5, 0.6) is 0 Å². The summed E-state index contributed by atoms with van der Waals surface area (Å²) in [6.45, 7) is -0.175. The molecule has 3 aromatic rings.